The summed E-state index contributed by atoms with van der Waals surface area (Å²) in [5.41, 5.74) is 0.513. The molecular weight excluding hydrogens is 312 g/mol. The third-order valence-electron chi connectivity index (χ3n) is 2.37. The molecule has 2 nitrogen and oxygen atoms in total. The van der Waals surface area contributed by atoms with Crippen LogP contribution < -0.4 is 5.32 Å². The summed E-state index contributed by atoms with van der Waals surface area (Å²) in [5, 5.41) is 2.94. The third-order valence-corrected chi connectivity index (χ3v) is 3.29. The average molecular weight is 319 g/mol. The zero-order valence-corrected chi connectivity index (χ0v) is 11.7. The predicted molar refractivity (Wildman–Crippen MR) is 75.8 cm³/mol. The van der Waals surface area contributed by atoms with E-state index in [9.17, 15) is 9.18 Å². The quantitative estimate of drug-likeness (QED) is 0.826. The Labute approximate surface area is 124 Å². The molecule has 0 saturated heterocycles. The van der Waals surface area contributed by atoms with Crippen molar-refractivity contribution >= 4 is 46.4 Å². The molecule has 1 amide bonds. The number of benzene rings is 2. The Balaban J connectivity index is 2.28. The normalized spacial score (nSPS) is 10.3. The lowest BCUT2D eigenvalue weighted by Crippen LogP contribution is -2.13. The molecule has 0 spiro atoms. The molecule has 98 valence electrons. The van der Waals surface area contributed by atoms with E-state index < -0.39 is 11.7 Å². The predicted octanol–water partition coefficient (Wildman–Crippen LogP) is 5.04. The molecule has 0 aromatic heterocycles. The van der Waals surface area contributed by atoms with Crippen LogP contribution in [0.1, 0.15) is 10.4 Å². The van der Waals surface area contributed by atoms with Gasteiger partial charge in [-0.2, -0.15) is 0 Å². The number of nitrogens with one attached hydrogen (secondary N) is 1. The molecular formula is C13H7Cl3FNO. The van der Waals surface area contributed by atoms with Crippen LogP contribution in [0.5, 0.6) is 0 Å². The second-order valence-electron chi connectivity index (χ2n) is 3.68. The SMILES string of the molecule is O=C(Nc1ccc(F)c(Cl)c1)c1c(Cl)cccc1Cl. The maximum atomic E-state index is 13.0. The van der Waals surface area contributed by atoms with E-state index in [1.54, 1.807) is 18.2 Å². The van der Waals surface area contributed by atoms with Gasteiger partial charge in [-0.05, 0) is 30.3 Å². The zero-order valence-electron chi connectivity index (χ0n) is 9.38. The zero-order chi connectivity index (χ0) is 14.0. The minimum absolute atomic E-state index is 0.0805. The molecule has 2 aromatic rings. The largest absolute Gasteiger partial charge is 0.322 e. The average Bonchev–Trinajstić information content (AvgIpc) is 2.33. The number of hydrogen-bond donors (Lipinski definition) is 1. The van der Waals surface area contributed by atoms with Crippen LogP contribution in [0.3, 0.4) is 0 Å². The second kappa shape index (κ2) is 5.78. The van der Waals surface area contributed by atoms with Crippen LogP contribution in [0.2, 0.25) is 15.1 Å². The highest BCUT2D eigenvalue weighted by Gasteiger charge is 2.15. The third kappa shape index (κ3) is 3.18. The van der Waals surface area contributed by atoms with Crippen molar-refractivity contribution in [2.45, 2.75) is 0 Å². The lowest BCUT2D eigenvalue weighted by Gasteiger charge is -2.08. The Morgan fingerprint density at radius 1 is 1.00 bits per heavy atom. The van der Waals surface area contributed by atoms with Gasteiger partial charge in [0, 0.05) is 5.69 Å². The van der Waals surface area contributed by atoms with E-state index in [1.165, 1.54) is 12.1 Å². The summed E-state index contributed by atoms with van der Waals surface area (Å²) >= 11 is 17.5. The molecule has 2 aromatic carbocycles. The maximum absolute atomic E-state index is 13.0. The van der Waals surface area contributed by atoms with Gasteiger partial charge in [0.15, 0.2) is 0 Å². The first kappa shape index (κ1) is 14.1. The number of hydrogen-bond acceptors (Lipinski definition) is 1. The van der Waals surface area contributed by atoms with Gasteiger partial charge in [0.2, 0.25) is 0 Å². The van der Waals surface area contributed by atoms with Gasteiger partial charge in [-0.3, -0.25) is 4.79 Å². The molecule has 0 unspecified atom stereocenters. The molecule has 6 heteroatoms. The molecule has 0 aliphatic carbocycles. The van der Waals surface area contributed by atoms with Crippen LogP contribution >= 0.6 is 34.8 Å². The summed E-state index contributed by atoms with van der Waals surface area (Å²) in [5.74, 6) is -1.05. The number of rotatable bonds is 2. The molecule has 0 radical (unpaired) electrons. The number of halogens is 4. The standard InChI is InChI=1S/C13H7Cl3FNO/c14-8-2-1-3-9(15)12(8)13(19)18-7-4-5-11(17)10(16)6-7/h1-6H,(H,18,19). The lowest BCUT2D eigenvalue weighted by molar-refractivity contribution is 0.102. The minimum atomic E-state index is -0.560. The summed E-state index contributed by atoms with van der Waals surface area (Å²) in [4.78, 5) is 12.0. The van der Waals surface area contributed by atoms with Crippen LogP contribution in [-0.4, -0.2) is 5.91 Å². The first-order valence-corrected chi connectivity index (χ1v) is 6.33. The van der Waals surface area contributed by atoms with E-state index in [2.05, 4.69) is 5.32 Å². The fraction of sp³-hybridized carbons (Fsp3) is 0. The van der Waals surface area contributed by atoms with E-state index in [4.69, 9.17) is 34.8 Å². The lowest BCUT2D eigenvalue weighted by atomic mass is 10.2. The van der Waals surface area contributed by atoms with Crippen molar-refractivity contribution in [3.63, 3.8) is 0 Å². The van der Waals surface area contributed by atoms with Gasteiger partial charge in [0.25, 0.3) is 5.91 Å². The summed E-state index contributed by atoms with van der Waals surface area (Å²) < 4.78 is 13.0. The molecule has 0 bridgehead atoms. The Kier molecular flexibility index (Phi) is 4.30. The minimum Gasteiger partial charge on any atom is -0.322 e. The number of carbonyl (C=O) groups is 1. The molecule has 0 aliphatic heterocycles. The van der Waals surface area contributed by atoms with Crippen molar-refractivity contribution < 1.29 is 9.18 Å². The first-order valence-electron chi connectivity index (χ1n) is 5.19. The number of carbonyl (C=O) groups excluding carboxylic acids is 1. The number of anilines is 1. The Morgan fingerprint density at radius 2 is 1.63 bits per heavy atom. The van der Waals surface area contributed by atoms with Crippen molar-refractivity contribution in [2.24, 2.45) is 0 Å². The molecule has 0 saturated carbocycles. The van der Waals surface area contributed by atoms with Gasteiger partial charge in [-0.25, -0.2) is 4.39 Å². The van der Waals surface area contributed by atoms with Crippen LogP contribution in [0.25, 0.3) is 0 Å². The summed E-state index contributed by atoms with van der Waals surface area (Å²) in [6.07, 6.45) is 0. The first-order chi connectivity index (χ1) is 8.99. The summed E-state index contributed by atoms with van der Waals surface area (Å²) in [7, 11) is 0. The molecule has 0 heterocycles. The molecule has 0 fully saturated rings. The monoisotopic (exact) mass is 317 g/mol. The summed E-state index contributed by atoms with van der Waals surface area (Å²) in [6.45, 7) is 0. The highest BCUT2D eigenvalue weighted by molar-refractivity contribution is 6.40. The van der Waals surface area contributed by atoms with Crippen molar-refractivity contribution in [3.8, 4) is 0 Å². The molecule has 1 N–H and O–H groups in total. The fourth-order valence-electron chi connectivity index (χ4n) is 1.48. The highest BCUT2D eigenvalue weighted by Crippen LogP contribution is 2.26. The van der Waals surface area contributed by atoms with Gasteiger partial charge >= 0.3 is 0 Å². The van der Waals surface area contributed by atoms with E-state index in [0.29, 0.717) is 5.69 Å². The van der Waals surface area contributed by atoms with Gasteiger partial charge in [0.05, 0.1) is 20.6 Å². The fourth-order valence-corrected chi connectivity index (χ4v) is 2.23. The van der Waals surface area contributed by atoms with Gasteiger partial charge in [-0.1, -0.05) is 40.9 Å². The van der Waals surface area contributed by atoms with E-state index in [1.807, 2.05) is 0 Å². The van der Waals surface area contributed by atoms with Crippen molar-refractivity contribution in [3.05, 3.63) is 62.8 Å². The smallest absolute Gasteiger partial charge is 0.258 e. The van der Waals surface area contributed by atoms with Gasteiger partial charge in [-0.15, -0.1) is 0 Å². The molecule has 19 heavy (non-hydrogen) atoms. The van der Waals surface area contributed by atoms with Crippen LogP contribution in [-0.2, 0) is 0 Å². The van der Waals surface area contributed by atoms with Crippen molar-refractivity contribution in [2.75, 3.05) is 5.32 Å². The van der Waals surface area contributed by atoms with Crippen LogP contribution in [0.4, 0.5) is 10.1 Å². The second-order valence-corrected chi connectivity index (χ2v) is 4.90. The highest BCUT2D eigenvalue weighted by atomic mass is 35.5. The number of amides is 1. The van der Waals surface area contributed by atoms with Crippen molar-refractivity contribution in [1.29, 1.82) is 0 Å². The van der Waals surface area contributed by atoms with Gasteiger partial charge < -0.3 is 5.32 Å². The molecule has 0 aliphatic rings. The Morgan fingerprint density at radius 3 is 2.21 bits per heavy atom. The van der Waals surface area contributed by atoms with E-state index in [-0.39, 0.29) is 20.6 Å². The summed E-state index contributed by atoms with van der Waals surface area (Å²) in [6, 6.07) is 8.60. The van der Waals surface area contributed by atoms with Gasteiger partial charge in [0.1, 0.15) is 5.82 Å². The van der Waals surface area contributed by atoms with E-state index in [0.717, 1.165) is 6.07 Å². The van der Waals surface area contributed by atoms with E-state index >= 15 is 0 Å². The Bertz CT molecular complexity index is 626. The maximum Gasteiger partial charge on any atom is 0.258 e. The van der Waals surface area contributed by atoms with Crippen molar-refractivity contribution in [1.82, 2.24) is 0 Å². The van der Waals surface area contributed by atoms with Crippen LogP contribution in [0.15, 0.2) is 36.4 Å². The topological polar surface area (TPSA) is 29.1 Å². The van der Waals surface area contributed by atoms with Crippen LogP contribution in [0, 0.1) is 5.82 Å². The molecule has 2 rings (SSSR count). The Hall–Kier alpha value is -1.29. The molecule has 0 atom stereocenters.